The number of amides is 2. The first kappa shape index (κ1) is 31.1. The Balaban J connectivity index is 1.37. The van der Waals surface area contributed by atoms with E-state index in [2.05, 4.69) is 32.0 Å². The smallest absolute Gasteiger partial charge is 0.384 e. The molecule has 0 spiro atoms. The van der Waals surface area contributed by atoms with Crippen LogP contribution < -0.4 is 22.1 Å². The van der Waals surface area contributed by atoms with Gasteiger partial charge in [-0.15, -0.1) is 0 Å². The molecule has 226 valence electrons. The van der Waals surface area contributed by atoms with Gasteiger partial charge in [0.1, 0.15) is 34.2 Å². The zero-order valence-corrected chi connectivity index (χ0v) is 24.3. The van der Waals surface area contributed by atoms with Crippen molar-refractivity contribution in [3.05, 3.63) is 34.4 Å². The van der Waals surface area contributed by atoms with E-state index in [1.54, 1.807) is 29.3 Å². The number of nitrogens with two attached hydrogens (primary N) is 2. The summed E-state index contributed by atoms with van der Waals surface area (Å²) in [5, 5.41) is 5.02. The molecule has 4 rings (SSSR count). The van der Waals surface area contributed by atoms with Crippen molar-refractivity contribution >= 4 is 46.0 Å². The molecule has 1 aromatic rings. The number of aromatic nitrogens is 1. The van der Waals surface area contributed by atoms with Gasteiger partial charge in [0.15, 0.2) is 5.70 Å². The third-order valence-corrected chi connectivity index (χ3v) is 8.55. The Bertz CT molecular complexity index is 1240. The molecule has 2 amide bonds. The van der Waals surface area contributed by atoms with Gasteiger partial charge in [-0.25, -0.2) is 9.98 Å². The summed E-state index contributed by atoms with van der Waals surface area (Å²) in [6.45, 7) is 5.46. The van der Waals surface area contributed by atoms with E-state index in [9.17, 15) is 22.8 Å². The van der Waals surface area contributed by atoms with Crippen LogP contribution in [-0.4, -0.2) is 99.9 Å². The summed E-state index contributed by atoms with van der Waals surface area (Å²) < 4.78 is 37.6. The molecule has 0 radical (unpaired) electrons. The van der Waals surface area contributed by atoms with Crippen LogP contribution in [0.3, 0.4) is 0 Å². The maximum atomic E-state index is 13.0. The third-order valence-electron chi connectivity index (χ3n) is 7.88. The quantitative estimate of drug-likeness (QED) is 0.354. The molecule has 1 aromatic heterocycles. The molecule has 4 heterocycles. The number of alkyl halides is 3. The fraction of sp³-hybridized carbons (Fsp3) is 0.600. The Morgan fingerprint density at radius 3 is 2.46 bits per heavy atom. The zero-order valence-electron chi connectivity index (χ0n) is 22.8. The lowest BCUT2D eigenvalue weighted by atomic mass is 9.96. The van der Waals surface area contributed by atoms with Gasteiger partial charge in [0.25, 0.3) is 11.8 Å². The van der Waals surface area contributed by atoms with Crippen molar-refractivity contribution in [2.24, 2.45) is 10.7 Å². The molecule has 0 saturated carbocycles. The van der Waals surface area contributed by atoms with E-state index in [0.29, 0.717) is 31.7 Å². The first-order valence-electron chi connectivity index (χ1n) is 13.3. The van der Waals surface area contributed by atoms with Gasteiger partial charge < -0.3 is 27.0 Å². The minimum atomic E-state index is -4.57. The topological polar surface area (TPSA) is 145 Å². The molecule has 11 nitrogen and oxygen atoms in total. The molecule has 2 atom stereocenters. The second kappa shape index (κ2) is 12.2. The van der Waals surface area contributed by atoms with Crippen molar-refractivity contribution in [2.45, 2.75) is 57.0 Å². The van der Waals surface area contributed by atoms with Gasteiger partial charge in [0, 0.05) is 44.8 Å². The summed E-state index contributed by atoms with van der Waals surface area (Å²) in [6, 6.07) is 3.59. The van der Waals surface area contributed by atoms with Gasteiger partial charge in [-0.2, -0.15) is 13.2 Å². The number of carbonyl (C=O) groups is 2. The molecular weight excluding hydrogens is 586 g/mol. The molecule has 16 heteroatoms. The standard InChI is InChI=1S/C25H34Cl2F3N9O2/c1-3-14-12-38(24(2)23(27)35-18(20(32)36-24)21(40)33-13-25(28,29)30)10-11-39(14)15-6-8-37(9-7-15)22(41)16-4-5-17(26)34-19(16)31/h4-5,14-15,36H,3,6-13,32H2,1-2H3,(H2,31,34)(H,33,40)/t14-,24?/m0/s1. The van der Waals surface area contributed by atoms with Crippen molar-refractivity contribution < 1.29 is 22.8 Å². The molecule has 0 aromatic carbocycles. The van der Waals surface area contributed by atoms with E-state index in [1.165, 1.54) is 0 Å². The number of halogens is 5. The summed E-state index contributed by atoms with van der Waals surface area (Å²) in [5.41, 5.74) is 10.9. The zero-order chi connectivity index (χ0) is 30.1. The van der Waals surface area contributed by atoms with Gasteiger partial charge in [-0.1, -0.05) is 30.1 Å². The monoisotopic (exact) mass is 619 g/mol. The van der Waals surface area contributed by atoms with Crippen LogP contribution in [-0.2, 0) is 4.79 Å². The molecule has 1 unspecified atom stereocenters. The van der Waals surface area contributed by atoms with Crippen molar-refractivity contribution in [3.63, 3.8) is 0 Å². The molecule has 0 bridgehead atoms. The minimum Gasteiger partial charge on any atom is -0.384 e. The van der Waals surface area contributed by atoms with Crippen LogP contribution in [0.25, 0.3) is 0 Å². The average molecular weight is 621 g/mol. The maximum Gasteiger partial charge on any atom is 0.405 e. The van der Waals surface area contributed by atoms with Crippen LogP contribution in [0.15, 0.2) is 28.6 Å². The van der Waals surface area contributed by atoms with Gasteiger partial charge in [0.05, 0.1) is 5.56 Å². The highest BCUT2D eigenvalue weighted by Crippen LogP contribution is 2.30. The highest BCUT2D eigenvalue weighted by Gasteiger charge is 2.45. The number of nitrogens with zero attached hydrogens (tertiary/aromatic N) is 5. The van der Waals surface area contributed by atoms with E-state index in [-0.39, 0.29) is 45.7 Å². The lowest BCUT2D eigenvalue weighted by Crippen LogP contribution is -2.69. The maximum absolute atomic E-state index is 13.0. The van der Waals surface area contributed by atoms with Gasteiger partial charge in [-0.05, 0) is 38.3 Å². The Morgan fingerprint density at radius 1 is 1.17 bits per heavy atom. The second-order valence-corrected chi connectivity index (χ2v) is 11.2. The largest absolute Gasteiger partial charge is 0.405 e. The molecule has 3 aliphatic rings. The summed E-state index contributed by atoms with van der Waals surface area (Å²) in [4.78, 5) is 39.7. The van der Waals surface area contributed by atoms with Crippen LogP contribution >= 0.6 is 23.2 Å². The van der Waals surface area contributed by atoms with Crippen LogP contribution in [0.5, 0.6) is 0 Å². The van der Waals surface area contributed by atoms with Crippen LogP contribution in [0, 0.1) is 0 Å². The number of hydrogen-bond acceptors (Lipinski definition) is 9. The fourth-order valence-corrected chi connectivity index (χ4v) is 6.01. The van der Waals surface area contributed by atoms with Crippen LogP contribution in [0.2, 0.25) is 5.15 Å². The molecule has 2 saturated heterocycles. The predicted octanol–water partition coefficient (Wildman–Crippen LogP) is 2.08. The normalized spacial score (nSPS) is 25.1. The number of carbonyl (C=O) groups excluding carboxylic acids is 2. The molecule has 2 fully saturated rings. The molecular formula is C25H34Cl2F3N9O2. The van der Waals surface area contributed by atoms with E-state index < -0.39 is 24.3 Å². The van der Waals surface area contributed by atoms with Crippen molar-refractivity contribution in [2.75, 3.05) is 45.0 Å². The highest BCUT2D eigenvalue weighted by molar-refractivity contribution is 6.67. The summed E-state index contributed by atoms with van der Waals surface area (Å²) >= 11 is 12.4. The number of piperidine rings is 1. The van der Waals surface area contributed by atoms with Crippen LogP contribution in [0.4, 0.5) is 19.0 Å². The molecule has 3 aliphatic heterocycles. The van der Waals surface area contributed by atoms with Gasteiger partial charge in [0.2, 0.25) is 0 Å². The number of pyridine rings is 1. The number of nitrogens with one attached hydrogen (secondary N) is 2. The van der Waals surface area contributed by atoms with E-state index in [1.807, 2.05) is 0 Å². The first-order chi connectivity index (χ1) is 19.2. The number of aliphatic imine (C=N–C) groups is 1. The Morgan fingerprint density at radius 2 is 1.85 bits per heavy atom. The lowest BCUT2D eigenvalue weighted by molar-refractivity contribution is -0.136. The number of rotatable bonds is 6. The van der Waals surface area contributed by atoms with Crippen molar-refractivity contribution in [1.82, 2.24) is 30.3 Å². The Labute approximate surface area is 246 Å². The second-order valence-electron chi connectivity index (χ2n) is 10.5. The minimum absolute atomic E-state index is 0.00921. The van der Waals surface area contributed by atoms with E-state index in [0.717, 1.165) is 25.8 Å². The number of piperazine rings is 1. The number of hydrogen-bond donors (Lipinski definition) is 4. The van der Waals surface area contributed by atoms with Crippen molar-refractivity contribution in [1.29, 1.82) is 0 Å². The number of likely N-dealkylation sites (tertiary alicyclic amines) is 1. The van der Waals surface area contributed by atoms with Crippen molar-refractivity contribution in [3.8, 4) is 0 Å². The highest BCUT2D eigenvalue weighted by atomic mass is 35.5. The first-order valence-corrected chi connectivity index (χ1v) is 14.1. The Kier molecular flexibility index (Phi) is 9.26. The molecule has 6 N–H and O–H groups in total. The van der Waals surface area contributed by atoms with E-state index >= 15 is 0 Å². The molecule has 41 heavy (non-hydrogen) atoms. The summed E-state index contributed by atoms with van der Waals surface area (Å²) in [5.74, 6) is -1.27. The predicted molar refractivity (Wildman–Crippen MR) is 150 cm³/mol. The summed E-state index contributed by atoms with van der Waals surface area (Å²) in [6.07, 6.45) is -2.12. The third kappa shape index (κ3) is 6.82. The lowest BCUT2D eigenvalue weighted by Gasteiger charge is -2.52. The fourth-order valence-electron chi connectivity index (χ4n) is 5.61. The average Bonchev–Trinajstić information content (AvgIpc) is 2.92. The SMILES string of the molecule is CC[C@H]1CN(C2(C)NC(N)=C(C(=O)NCC(F)(F)F)N=C2Cl)CCN1C1CCN(C(=O)c2ccc(Cl)nc2N)CC1. The molecule has 0 aliphatic carbocycles. The summed E-state index contributed by atoms with van der Waals surface area (Å²) in [7, 11) is 0. The Hall–Kier alpha value is -2.81. The van der Waals surface area contributed by atoms with Gasteiger partial charge >= 0.3 is 6.18 Å². The van der Waals surface area contributed by atoms with Crippen LogP contribution in [0.1, 0.15) is 43.5 Å². The number of anilines is 1. The number of nitrogen functional groups attached to an aromatic ring is 1. The van der Waals surface area contributed by atoms with E-state index in [4.69, 9.17) is 34.7 Å². The van der Waals surface area contributed by atoms with Gasteiger partial charge in [-0.3, -0.25) is 19.4 Å².